The molecular weight excluding hydrogens is 351 g/mol. The normalized spacial score (nSPS) is 15.9. The van der Waals surface area contributed by atoms with Gasteiger partial charge in [0.2, 0.25) is 5.91 Å². The molecule has 3 rings (SSSR count). The number of carbonyl (C=O) groups excluding carboxylic acids is 1. The fourth-order valence-corrected chi connectivity index (χ4v) is 3.67. The summed E-state index contributed by atoms with van der Waals surface area (Å²) in [6.45, 7) is 1.57. The number of aryl methyl sites for hydroxylation is 1. The van der Waals surface area contributed by atoms with Crippen LogP contribution >= 0.6 is 11.3 Å². The molecule has 0 aliphatic carbocycles. The van der Waals surface area contributed by atoms with Gasteiger partial charge in [-0.25, -0.2) is 0 Å². The molecule has 0 N–H and O–H groups in total. The molecule has 0 bridgehead atoms. The van der Waals surface area contributed by atoms with Crippen molar-refractivity contribution in [3.05, 3.63) is 34.8 Å². The Kier molecular flexibility index (Phi) is 4.99. The Balaban J connectivity index is 1.72. The van der Waals surface area contributed by atoms with Gasteiger partial charge >= 0.3 is 6.18 Å². The summed E-state index contributed by atoms with van der Waals surface area (Å²) in [4.78, 5) is 15.4. The van der Waals surface area contributed by atoms with Crippen molar-refractivity contribution in [2.24, 2.45) is 7.05 Å². The molecule has 1 aliphatic rings. The lowest BCUT2D eigenvalue weighted by molar-refractivity contribution is -0.143. The molecular formula is C17H18F3N3OS. The van der Waals surface area contributed by atoms with E-state index in [9.17, 15) is 18.0 Å². The number of piperidine rings is 1. The summed E-state index contributed by atoms with van der Waals surface area (Å²) in [5.41, 5.74) is -0.505. The number of hydrogen-bond acceptors (Lipinski definition) is 3. The van der Waals surface area contributed by atoms with Gasteiger partial charge in [0, 0.05) is 31.1 Å². The van der Waals surface area contributed by atoms with Crippen LogP contribution in [-0.4, -0.2) is 33.7 Å². The molecule has 3 heterocycles. The first-order valence-corrected chi connectivity index (χ1v) is 8.85. The van der Waals surface area contributed by atoms with E-state index in [1.54, 1.807) is 18.2 Å². The summed E-state index contributed by atoms with van der Waals surface area (Å²) in [6, 6.07) is 4.54. The quantitative estimate of drug-likeness (QED) is 0.761. The summed E-state index contributed by atoms with van der Waals surface area (Å²) < 4.78 is 39.4. The van der Waals surface area contributed by atoms with Crippen molar-refractivity contribution in [1.29, 1.82) is 0 Å². The molecule has 1 fully saturated rings. The first-order valence-electron chi connectivity index (χ1n) is 8.03. The average Bonchev–Trinajstić information content (AvgIpc) is 3.19. The molecule has 2 aromatic rings. The van der Waals surface area contributed by atoms with E-state index in [4.69, 9.17) is 0 Å². The minimum absolute atomic E-state index is 0.0214. The van der Waals surface area contributed by atoms with Crippen molar-refractivity contribution >= 4 is 23.3 Å². The fraction of sp³-hybridized carbons (Fsp3) is 0.412. The maximum Gasteiger partial charge on any atom is 0.433 e. The van der Waals surface area contributed by atoms with Gasteiger partial charge in [0.1, 0.15) is 11.4 Å². The van der Waals surface area contributed by atoms with Gasteiger partial charge in [-0.2, -0.15) is 18.3 Å². The minimum atomic E-state index is -4.43. The summed E-state index contributed by atoms with van der Waals surface area (Å²) in [7, 11) is 1.28. The standard InChI is InChI=1S/C17H18F3N3OS/c1-22-15(17(18,19)20)11-13(21-22)14-7-5-12(25-14)6-8-16(24)23-9-3-2-4-10-23/h5-8,11H,2-4,9-10H2,1H3/b8-6+. The summed E-state index contributed by atoms with van der Waals surface area (Å²) >= 11 is 1.31. The third-order valence-electron chi connectivity index (χ3n) is 4.11. The van der Waals surface area contributed by atoms with E-state index in [1.807, 2.05) is 4.90 Å². The van der Waals surface area contributed by atoms with E-state index in [0.29, 0.717) is 4.88 Å². The lowest BCUT2D eigenvalue weighted by Gasteiger charge is -2.25. The number of amides is 1. The second kappa shape index (κ2) is 7.03. The highest BCUT2D eigenvalue weighted by Gasteiger charge is 2.35. The third kappa shape index (κ3) is 4.12. The van der Waals surface area contributed by atoms with Gasteiger partial charge in [-0.1, -0.05) is 0 Å². The van der Waals surface area contributed by atoms with Crippen molar-refractivity contribution in [2.75, 3.05) is 13.1 Å². The van der Waals surface area contributed by atoms with Gasteiger partial charge in [-0.15, -0.1) is 11.3 Å². The summed E-state index contributed by atoms with van der Waals surface area (Å²) in [6.07, 6.45) is 2.03. The zero-order chi connectivity index (χ0) is 18.0. The Morgan fingerprint density at radius 1 is 1.24 bits per heavy atom. The predicted molar refractivity (Wildman–Crippen MR) is 91.0 cm³/mol. The fourth-order valence-electron chi connectivity index (χ4n) is 2.81. The molecule has 0 atom stereocenters. The molecule has 0 radical (unpaired) electrons. The number of rotatable bonds is 3. The topological polar surface area (TPSA) is 38.1 Å². The highest BCUT2D eigenvalue weighted by molar-refractivity contribution is 7.16. The Morgan fingerprint density at radius 3 is 2.60 bits per heavy atom. The smallest absolute Gasteiger partial charge is 0.339 e. The van der Waals surface area contributed by atoms with Crippen LogP contribution in [0.1, 0.15) is 29.8 Å². The van der Waals surface area contributed by atoms with Gasteiger partial charge in [-0.3, -0.25) is 9.48 Å². The lowest BCUT2D eigenvalue weighted by atomic mass is 10.1. The first-order chi connectivity index (χ1) is 11.8. The van der Waals surface area contributed by atoms with Crippen LogP contribution in [0.25, 0.3) is 16.6 Å². The summed E-state index contributed by atoms with van der Waals surface area (Å²) in [5, 5.41) is 3.94. The van der Waals surface area contributed by atoms with Crippen LogP contribution in [0.2, 0.25) is 0 Å². The second-order valence-corrected chi connectivity index (χ2v) is 7.07. The van der Waals surface area contributed by atoms with Gasteiger partial charge in [0.25, 0.3) is 0 Å². The van der Waals surface area contributed by atoms with Crippen molar-refractivity contribution in [3.8, 4) is 10.6 Å². The molecule has 0 aromatic carbocycles. The summed E-state index contributed by atoms with van der Waals surface area (Å²) in [5.74, 6) is -0.0214. The molecule has 2 aromatic heterocycles. The lowest BCUT2D eigenvalue weighted by Crippen LogP contribution is -2.34. The molecule has 8 heteroatoms. The van der Waals surface area contributed by atoms with Crippen LogP contribution in [0.4, 0.5) is 13.2 Å². The highest BCUT2D eigenvalue weighted by Crippen LogP contribution is 2.34. The number of nitrogens with zero attached hydrogens (tertiary/aromatic N) is 3. The number of halogens is 3. The Hall–Kier alpha value is -2.09. The number of thiophene rings is 1. The molecule has 134 valence electrons. The molecule has 1 aliphatic heterocycles. The van der Waals surface area contributed by atoms with Crippen molar-refractivity contribution < 1.29 is 18.0 Å². The zero-order valence-electron chi connectivity index (χ0n) is 13.7. The second-order valence-electron chi connectivity index (χ2n) is 5.96. The van der Waals surface area contributed by atoms with Crippen molar-refractivity contribution in [2.45, 2.75) is 25.4 Å². The third-order valence-corrected chi connectivity index (χ3v) is 5.18. The average molecular weight is 369 g/mol. The van der Waals surface area contributed by atoms with Gasteiger partial charge in [0.15, 0.2) is 0 Å². The van der Waals surface area contributed by atoms with Gasteiger partial charge < -0.3 is 4.90 Å². The zero-order valence-corrected chi connectivity index (χ0v) is 14.5. The monoisotopic (exact) mass is 369 g/mol. The number of hydrogen-bond donors (Lipinski definition) is 0. The molecule has 0 unspecified atom stereocenters. The first kappa shape index (κ1) is 17.7. The van der Waals surface area contributed by atoms with Crippen molar-refractivity contribution in [1.82, 2.24) is 14.7 Å². The molecule has 1 amide bonds. The predicted octanol–water partition coefficient (Wildman–Crippen LogP) is 4.19. The van der Waals surface area contributed by atoms with E-state index < -0.39 is 11.9 Å². The maximum absolute atomic E-state index is 12.9. The van der Waals surface area contributed by atoms with E-state index in [-0.39, 0.29) is 11.6 Å². The maximum atomic E-state index is 12.9. The Morgan fingerprint density at radius 2 is 1.96 bits per heavy atom. The highest BCUT2D eigenvalue weighted by atomic mass is 32.1. The molecule has 0 spiro atoms. The Labute approximate surface area is 147 Å². The van der Waals surface area contributed by atoms with E-state index >= 15 is 0 Å². The van der Waals surface area contributed by atoms with Crippen molar-refractivity contribution in [3.63, 3.8) is 0 Å². The number of carbonyl (C=O) groups is 1. The molecule has 4 nitrogen and oxygen atoms in total. The number of likely N-dealkylation sites (tertiary alicyclic amines) is 1. The van der Waals surface area contributed by atoms with E-state index in [1.165, 1.54) is 24.5 Å². The van der Waals surface area contributed by atoms with Crippen LogP contribution in [0, 0.1) is 0 Å². The van der Waals surface area contributed by atoms with E-state index in [0.717, 1.165) is 48.0 Å². The van der Waals surface area contributed by atoms with Gasteiger partial charge in [-0.05, 0) is 43.5 Å². The number of alkyl halides is 3. The molecule has 1 saturated heterocycles. The largest absolute Gasteiger partial charge is 0.433 e. The van der Waals surface area contributed by atoms with E-state index in [2.05, 4.69) is 5.10 Å². The molecule has 0 saturated carbocycles. The van der Waals surface area contributed by atoms with Crippen LogP contribution in [0.5, 0.6) is 0 Å². The van der Waals surface area contributed by atoms with Crippen LogP contribution in [0.15, 0.2) is 24.3 Å². The minimum Gasteiger partial charge on any atom is -0.339 e. The van der Waals surface area contributed by atoms with Crippen LogP contribution < -0.4 is 0 Å². The number of aromatic nitrogens is 2. The van der Waals surface area contributed by atoms with Gasteiger partial charge in [0.05, 0.1) is 4.88 Å². The SMILES string of the molecule is Cn1nc(-c2ccc(/C=C/C(=O)N3CCCCC3)s2)cc1C(F)(F)F. The molecule has 25 heavy (non-hydrogen) atoms. The Bertz CT molecular complexity index is 785. The van der Waals surface area contributed by atoms with Crippen LogP contribution in [0.3, 0.4) is 0 Å². The van der Waals surface area contributed by atoms with Crippen LogP contribution in [-0.2, 0) is 18.0 Å².